The van der Waals surface area contributed by atoms with Crippen LogP contribution in [0.3, 0.4) is 0 Å². The third-order valence-corrected chi connectivity index (χ3v) is 5.87. The standard InChI is InChI=1S/C24H30N6O4S/c1-4-32-12-10-26-22-18-14-27-30(23(18)29-24(28-22)35-16(2)3)11-9-25-21(31)8-6-17-5-7-19-20(13-17)34-15-33-19/h5-8,13-14,16H,4,9-12,15H2,1-3H3,(H,25,31)(H,26,28,29)/b8-6-. The highest BCUT2D eigenvalue weighted by atomic mass is 32.2. The maximum atomic E-state index is 12.3. The SMILES string of the molecule is CCOCCNc1nc(SC(C)C)nc2c1cnn2CCNC(=O)/C=C\c1ccc2c(c1)OCO2. The van der Waals surface area contributed by atoms with Crippen molar-refractivity contribution >= 4 is 40.6 Å². The maximum Gasteiger partial charge on any atom is 0.244 e. The number of ether oxygens (including phenoxy) is 3. The molecule has 2 N–H and O–H groups in total. The molecule has 0 spiro atoms. The number of thioether (sulfide) groups is 1. The van der Waals surface area contributed by atoms with E-state index < -0.39 is 0 Å². The fourth-order valence-corrected chi connectivity index (χ4v) is 4.12. The second-order valence-corrected chi connectivity index (χ2v) is 9.53. The van der Waals surface area contributed by atoms with Crippen molar-refractivity contribution in [2.24, 2.45) is 0 Å². The minimum absolute atomic E-state index is 0.192. The van der Waals surface area contributed by atoms with Crippen LogP contribution >= 0.6 is 11.8 Å². The largest absolute Gasteiger partial charge is 0.454 e. The van der Waals surface area contributed by atoms with Crippen molar-refractivity contribution < 1.29 is 19.0 Å². The Labute approximate surface area is 208 Å². The molecule has 3 heterocycles. The van der Waals surface area contributed by atoms with Crippen molar-refractivity contribution in [1.29, 1.82) is 0 Å². The van der Waals surface area contributed by atoms with E-state index in [1.54, 1.807) is 28.7 Å². The van der Waals surface area contributed by atoms with Gasteiger partial charge in [0.15, 0.2) is 22.3 Å². The highest BCUT2D eigenvalue weighted by Gasteiger charge is 2.15. The first kappa shape index (κ1) is 24.8. The molecule has 1 aliphatic heterocycles. The highest BCUT2D eigenvalue weighted by Crippen LogP contribution is 2.32. The molecule has 3 aromatic rings. The van der Waals surface area contributed by atoms with Crippen LogP contribution in [0.1, 0.15) is 26.3 Å². The first-order chi connectivity index (χ1) is 17.0. The number of benzene rings is 1. The van der Waals surface area contributed by atoms with Gasteiger partial charge in [0.05, 0.1) is 24.7 Å². The Balaban J connectivity index is 1.38. The summed E-state index contributed by atoms with van der Waals surface area (Å²) in [7, 11) is 0. The van der Waals surface area contributed by atoms with Crippen LogP contribution < -0.4 is 20.1 Å². The number of carbonyl (C=O) groups excluding carboxylic acids is 1. The van der Waals surface area contributed by atoms with Gasteiger partial charge in [-0.1, -0.05) is 31.7 Å². The van der Waals surface area contributed by atoms with E-state index in [4.69, 9.17) is 19.2 Å². The number of amides is 1. The van der Waals surface area contributed by atoms with Gasteiger partial charge >= 0.3 is 0 Å². The zero-order chi connectivity index (χ0) is 24.6. The van der Waals surface area contributed by atoms with Crippen molar-refractivity contribution in [3.63, 3.8) is 0 Å². The number of anilines is 1. The number of fused-ring (bicyclic) bond motifs is 2. The van der Waals surface area contributed by atoms with Gasteiger partial charge in [-0.3, -0.25) is 4.79 Å². The first-order valence-electron chi connectivity index (χ1n) is 11.6. The van der Waals surface area contributed by atoms with E-state index in [0.717, 1.165) is 22.4 Å². The van der Waals surface area contributed by atoms with E-state index in [2.05, 4.69) is 34.6 Å². The summed E-state index contributed by atoms with van der Waals surface area (Å²) in [6, 6.07) is 5.55. The molecule has 186 valence electrons. The van der Waals surface area contributed by atoms with Gasteiger partial charge in [0.1, 0.15) is 5.82 Å². The van der Waals surface area contributed by atoms with Gasteiger partial charge in [0.2, 0.25) is 12.7 Å². The molecule has 0 radical (unpaired) electrons. The monoisotopic (exact) mass is 498 g/mol. The lowest BCUT2D eigenvalue weighted by atomic mass is 10.2. The third kappa shape index (κ3) is 6.64. The Morgan fingerprint density at radius 2 is 2.11 bits per heavy atom. The van der Waals surface area contributed by atoms with E-state index in [9.17, 15) is 4.79 Å². The van der Waals surface area contributed by atoms with Crippen molar-refractivity contribution in [2.45, 2.75) is 37.7 Å². The summed E-state index contributed by atoms with van der Waals surface area (Å²) in [6.07, 6.45) is 4.99. The summed E-state index contributed by atoms with van der Waals surface area (Å²) in [5.74, 6) is 1.94. The molecule has 0 atom stereocenters. The number of nitrogens with one attached hydrogen (secondary N) is 2. The van der Waals surface area contributed by atoms with Gasteiger partial charge in [-0.15, -0.1) is 0 Å². The molecule has 2 aromatic heterocycles. The second-order valence-electron chi connectivity index (χ2n) is 7.99. The number of rotatable bonds is 12. The van der Waals surface area contributed by atoms with Crippen LogP contribution in [0.25, 0.3) is 17.1 Å². The Hall–Kier alpha value is -3.31. The van der Waals surface area contributed by atoms with E-state index in [0.29, 0.717) is 54.8 Å². The molecule has 0 fully saturated rings. The summed E-state index contributed by atoms with van der Waals surface area (Å²) < 4.78 is 17.9. The van der Waals surface area contributed by atoms with E-state index in [1.807, 2.05) is 25.1 Å². The normalized spacial score (nSPS) is 12.7. The van der Waals surface area contributed by atoms with E-state index in [-0.39, 0.29) is 12.7 Å². The Bertz CT molecular complexity index is 1200. The van der Waals surface area contributed by atoms with E-state index in [1.165, 1.54) is 6.08 Å². The lowest BCUT2D eigenvalue weighted by molar-refractivity contribution is -0.116. The molecule has 1 amide bonds. The fraction of sp³-hybridized carbons (Fsp3) is 0.417. The lowest BCUT2D eigenvalue weighted by Gasteiger charge is -2.11. The summed E-state index contributed by atoms with van der Waals surface area (Å²) in [6.45, 7) is 9.19. The van der Waals surface area contributed by atoms with Crippen LogP contribution in [0, 0.1) is 0 Å². The molecular weight excluding hydrogens is 468 g/mol. The molecule has 0 unspecified atom stereocenters. The van der Waals surface area contributed by atoms with Crippen molar-refractivity contribution in [3.8, 4) is 11.5 Å². The van der Waals surface area contributed by atoms with Crippen LogP contribution in [-0.4, -0.2) is 64.0 Å². The Morgan fingerprint density at radius 1 is 1.26 bits per heavy atom. The highest BCUT2D eigenvalue weighted by molar-refractivity contribution is 7.99. The number of carbonyl (C=O) groups is 1. The fourth-order valence-electron chi connectivity index (χ4n) is 3.42. The zero-order valence-electron chi connectivity index (χ0n) is 20.1. The van der Waals surface area contributed by atoms with Crippen molar-refractivity contribution in [3.05, 3.63) is 36.0 Å². The molecular formula is C24H30N6O4S. The Morgan fingerprint density at radius 3 is 2.94 bits per heavy atom. The molecule has 0 saturated heterocycles. The number of aromatic nitrogens is 4. The van der Waals surface area contributed by atoms with Crippen LogP contribution in [-0.2, 0) is 16.1 Å². The third-order valence-electron chi connectivity index (χ3n) is 5.01. The molecule has 0 bridgehead atoms. The van der Waals surface area contributed by atoms with Crippen LogP contribution in [0.4, 0.5) is 5.82 Å². The predicted molar refractivity (Wildman–Crippen MR) is 136 cm³/mol. The van der Waals surface area contributed by atoms with Gasteiger partial charge in [-0.05, 0) is 30.7 Å². The molecule has 11 heteroatoms. The van der Waals surface area contributed by atoms with E-state index >= 15 is 0 Å². The van der Waals surface area contributed by atoms with Gasteiger partial charge in [-0.25, -0.2) is 14.6 Å². The minimum atomic E-state index is -0.192. The maximum absolute atomic E-state index is 12.3. The van der Waals surface area contributed by atoms with Gasteiger partial charge in [-0.2, -0.15) is 5.10 Å². The molecule has 0 saturated carbocycles. The number of hydrogen-bond acceptors (Lipinski definition) is 9. The second kappa shape index (κ2) is 11.9. The predicted octanol–water partition coefficient (Wildman–Crippen LogP) is 3.33. The molecule has 10 nitrogen and oxygen atoms in total. The average molecular weight is 499 g/mol. The van der Waals surface area contributed by atoms with Gasteiger partial charge in [0.25, 0.3) is 0 Å². The minimum Gasteiger partial charge on any atom is -0.454 e. The molecule has 1 aliphatic rings. The van der Waals surface area contributed by atoms with Crippen LogP contribution in [0.5, 0.6) is 11.5 Å². The molecule has 35 heavy (non-hydrogen) atoms. The molecule has 1 aromatic carbocycles. The Kier molecular flexibility index (Phi) is 8.43. The van der Waals surface area contributed by atoms with Gasteiger partial charge < -0.3 is 24.8 Å². The summed E-state index contributed by atoms with van der Waals surface area (Å²) >= 11 is 1.59. The lowest BCUT2D eigenvalue weighted by Crippen LogP contribution is -2.25. The van der Waals surface area contributed by atoms with Crippen LogP contribution in [0.2, 0.25) is 0 Å². The number of hydrogen-bond donors (Lipinski definition) is 2. The van der Waals surface area contributed by atoms with Crippen LogP contribution in [0.15, 0.2) is 35.6 Å². The summed E-state index contributed by atoms with van der Waals surface area (Å²) in [5.41, 5.74) is 1.59. The topological polar surface area (TPSA) is 112 Å². The quantitative estimate of drug-likeness (QED) is 0.168. The summed E-state index contributed by atoms with van der Waals surface area (Å²) in [4.78, 5) is 21.7. The molecule has 0 aliphatic carbocycles. The van der Waals surface area contributed by atoms with Gasteiger partial charge in [0, 0.05) is 31.0 Å². The molecule has 4 rings (SSSR count). The average Bonchev–Trinajstić information content (AvgIpc) is 3.47. The van der Waals surface area contributed by atoms with Crippen molar-refractivity contribution in [1.82, 2.24) is 25.1 Å². The van der Waals surface area contributed by atoms with Crippen molar-refractivity contribution in [2.75, 3.05) is 38.4 Å². The summed E-state index contributed by atoms with van der Waals surface area (Å²) in [5, 5.41) is 12.6. The smallest absolute Gasteiger partial charge is 0.244 e. The zero-order valence-corrected chi connectivity index (χ0v) is 20.9. The first-order valence-corrected chi connectivity index (χ1v) is 12.5. The number of nitrogens with zero attached hydrogens (tertiary/aromatic N) is 4.